The number of halogens is 2. The van der Waals surface area contributed by atoms with E-state index >= 15 is 0 Å². The first kappa shape index (κ1) is 13.3. The van der Waals surface area contributed by atoms with E-state index in [0.29, 0.717) is 22.5 Å². The standard InChI is InChI=1S/C13H15F2N3O/c1-7-4-8(10-6-17-18(2)13(10)16)11(19-3)9(5-7)12(14)15/h4-6,12H,16H2,1-3H3. The molecule has 1 aromatic heterocycles. The third kappa shape index (κ3) is 2.25. The Labute approximate surface area is 109 Å². The summed E-state index contributed by atoms with van der Waals surface area (Å²) < 4.78 is 32.8. The van der Waals surface area contributed by atoms with Crippen LogP contribution in [-0.4, -0.2) is 16.9 Å². The van der Waals surface area contributed by atoms with E-state index in [2.05, 4.69) is 5.10 Å². The quantitative estimate of drug-likeness (QED) is 0.930. The Morgan fingerprint density at radius 3 is 2.47 bits per heavy atom. The van der Waals surface area contributed by atoms with Gasteiger partial charge < -0.3 is 10.5 Å². The SMILES string of the molecule is COc1c(-c2cnn(C)c2N)cc(C)cc1C(F)F. The van der Waals surface area contributed by atoms with Crippen LogP contribution in [0, 0.1) is 6.92 Å². The Bertz CT molecular complexity index is 608. The molecule has 2 rings (SSSR count). The zero-order valence-electron chi connectivity index (χ0n) is 10.9. The summed E-state index contributed by atoms with van der Waals surface area (Å²) in [7, 11) is 3.06. The van der Waals surface area contributed by atoms with Crippen molar-refractivity contribution in [3.63, 3.8) is 0 Å². The first-order valence-electron chi connectivity index (χ1n) is 5.70. The number of nitrogens with zero attached hydrogens (tertiary/aromatic N) is 2. The maximum Gasteiger partial charge on any atom is 0.267 e. The number of alkyl halides is 2. The highest BCUT2D eigenvalue weighted by molar-refractivity contribution is 5.80. The molecule has 2 N–H and O–H groups in total. The van der Waals surface area contributed by atoms with Crippen molar-refractivity contribution in [2.45, 2.75) is 13.3 Å². The summed E-state index contributed by atoms with van der Waals surface area (Å²) >= 11 is 0. The fourth-order valence-electron chi connectivity index (χ4n) is 2.05. The third-order valence-corrected chi connectivity index (χ3v) is 2.98. The topological polar surface area (TPSA) is 53.1 Å². The van der Waals surface area contributed by atoms with Gasteiger partial charge in [-0.15, -0.1) is 0 Å². The second-order valence-electron chi connectivity index (χ2n) is 4.30. The van der Waals surface area contributed by atoms with Crippen LogP contribution in [0.3, 0.4) is 0 Å². The number of nitrogen functional groups attached to an aromatic ring is 1. The van der Waals surface area contributed by atoms with E-state index in [0.717, 1.165) is 0 Å². The van der Waals surface area contributed by atoms with Gasteiger partial charge in [-0.05, 0) is 24.6 Å². The van der Waals surface area contributed by atoms with E-state index in [1.165, 1.54) is 17.9 Å². The minimum absolute atomic E-state index is 0.138. The molecule has 0 saturated carbocycles. The van der Waals surface area contributed by atoms with Crippen LogP contribution in [0.2, 0.25) is 0 Å². The molecule has 1 aromatic carbocycles. The van der Waals surface area contributed by atoms with Crippen LogP contribution in [-0.2, 0) is 7.05 Å². The van der Waals surface area contributed by atoms with E-state index in [1.807, 2.05) is 0 Å². The van der Waals surface area contributed by atoms with Crippen molar-refractivity contribution in [1.82, 2.24) is 9.78 Å². The second-order valence-corrected chi connectivity index (χ2v) is 4.30. The van der Waals surface area contributed by atoms with E-state index in [-0.39, 0.29) is 11.3 Å². The molecule has 0 fully saturated rings. The van der Waals surface area contributed by atoms with Crippen molar-refractivity contribution in [2.24, 2.45) is 7.05 Å². The van der Waals surface area contributed by atoms with E-state index in [1.54, 1.807) is 26.2 Å². The average molecular weight is 267 g/mol. The predicted octanol–water partition coefficient (Wildman–Crippen LogP) is 2.92. The smallest absolute Gasteiger partial charge is 0.267 e. The summed E-state index contributed by atoms with van der Waals surface area (Å²) in [5.74, 6) is 0.546. The lowest BCUT2D eigenvalue weighted by Gasteiger charge is -2.14. The van der Waals surface area contributed by atoms with Crippen molar-refractivity contribution in [3.05, 3.63) is 29.5 Å². The van der Waals surface area contributed by atoms with Crippen molar-refractivity contribution in [1.29, 1.82) is 0 Å². The highest BCUT2D eigenvalue weighted by Gasteiger charge is 2.21. The van der Waals surface area contributed by atoms with E-state index in [4.69, 9.17) is 10.5 Å². The summed E-state index contributed by atoms with van der Waals surface area (Å²) in [6.45, 7) is 1.75. The van der Waals surface area contributed by atoms with Crippen LogP contribution in [0.25, 0.3) is 11.1 Å². The highest BCUT2D eigenvalue weighted by atomic mass is 19.3. The number of methoxy groups -OCH3 is 1. The molecule has 1 heterocycles. The molecule has 4 nitrogen and oxygen atoms in total. The largest absolute Gasteiger partial charge is 0.496 e. The lowest BCUT2D eigenvalue weighted by molar-refractivity contribution is 0.147. The Balaban J connectivity index is 2.72. The maximum absolute atomic E-state index is 13.1. The zero-order chi connectivity index (χ0) is 14.2. The molecule has 0 bridgehead atoms. The summed E-state index contributed by atoms with van der Waals surface area (Å²) in [5.41, 5.74) is 7.59. The predicted molar refractivity (Wildman–Crippen MR) is 69.3 cm³/mol. The van der Waals surface area contributed by atoms with Crippen LogP contribution in [0.1, 0.15) is 17.6 Å². The fraction of sp³-hybridized carbons (Fsp3) is 0.308. The molecule has 19 heavy (non-hydrogen) atoms. The average Bonchev–Trinajstić information content (AvgIpc) is 2.69. The van der Waals surface area contributed by atoms with Gasteiger partial charge in [0.25, 0.3) is 6.43 Å². The number of nitrogens with two attached hydrogens (primary N) is 1. The second kappa shape index (κ2) is 4.87. The number of anilines is 1. The fourth-order valence-corrected chi connectivity index (χ4v) is 2.05. The molecule has 0 aliphatic rings. The van der Waals surface area contributed by atoms with Gasteiger partial charge in [0.1, 0.15) is 11.6 Å². The van der Waals surface area contributed by atoms with Crippen LogP contribution < -0.4 is 10.5 Å². The Morgan fingerprint density at radius 2 is 2.00 bits per heavy atom. The van der Waals surface area contributed by atoms with Crippen molar-refractivity contribution < 1.29 is 13.5 Å². The van der Waals surface area contributed by atoms with Gasteiger partial charge in [-0.25, -0.2) is 8.78 Å². The first-order valence-corrected chi connectivity index (χ1v) is 5.70. The first-order chi connectivity index (χ1) is 8.95. The summed E-state index contributed by atoms with van der Waals surface area (Å²) in [5, 5.41) is 4.02. The summed E-state index contributed by atoms with van der Waals surface area (Å²) in [6, 6.07) is 3.18. The van der Waals surface area contributed by atoms with Crippen molar-refractivity contribution in [2.75, 3.05) is 12.8 Å². The monoisotopic (exact) mass is 267 g/mol. The molecule has 0 aliphatic carbocycles. The summed E-state index contributed by atoms with van der Waals surface area (Å²) in [6.07, 6.45) is -1.06. The molecule has 2 aromatic rings. The van der Waals surface area contributed by atoms with Gasteiger partial charge in [-0.3, -0.25) is 4.68 Å². The molecular formula is C13H15F2N3O. The van der Waals surface area contributed by atoms with Crippen LogP contribution >= 0.6 is 0 Å². The minimum Gasteiger partial charge on any atom is -0.496 e. The third-order valence-electron chi connectivity index (χ3n) is 2.98. The van der Waals surface area contributed by atoms with E-state index < -0.39 is 6.43 Å². The maximum atomic E-state index is 13.1. The van der Waals surface area contributed by atoms with Crippen LogP contribution in [0.15, 0.2) is 18.3 Å². The number of ether oxygens (including phenoxy) is 1. The molecule has 0 unspecified atom stereocenters. The van der Waals surface area contributed by atoms with Gasteiger partial charge in [0.2, 0.25) is 0 Å². The van der Waals surface area contributed by atoms with Gasteiger partial charge in [0.15, 0.2) is 0 Å². The van der Waals surface area contributed by atoms with Gasteiger partial charge in [-0.1, -0.05) is 0 Å². The number of hydrogen-bond donors (Lipinski definition) is 1. The molecule has 6 heteroatoms. The molecule has 0 saturated heterocycles. The van der Waals surface area contributed by atoms with Crippen LogP contribution in [0.5, 0.6) is 5.75 Å². The molecule has 102 valence electrons. The highest BCUT2D eigenvalue weighted by Crippen LogP contribution is 2.40. The van der Waals surface area contributed by atoms with Gasteiger partial charge in [0, 0.05) is 18.2 Å². The number of rotatable bonds is 3. The lowest BCUT2D eigenvalue weighted by atomic mass is 10.00. The van der Waals surface area contributed by atoms with Crippen molar-refractivity contribution in [3.8, 4) is 16.9 Å². The normalized spacial score (nSPS) is 11.1. The van der Waals surface area contributed by atoms with Gasteiger partial charge in [-0.2, -0.15) is 5.10 Å². The molecule has 0 atom stereocenters. The lowest BCUT2D eigenvalue weighted by Crippen LogP contribution is -2.00. The summed E-state index contributed by atoms with van der Waals surface area (Å²) in [4.78, 5) is 0. The Hall–Kier alpha value is -2.11. The number of aromatic nitrogens is 2. The molecule has 0 radical (unpaired) electrons. The van der Waals surface area contributed by atoms with Gasteiger partial charge in [0.05, 0.1) is 18.9 Å². The molecule has 0 amide bonds. The van der Waals surface area contributed by atoms with Crippen molar-refractivity contribution >= 4 is 5.82 Å². The number of benzene rings is 1. The van der Waals surface area contributed by atoms with Gasteiger partial charge >= 0.3 is 0 Å². The minimum atomic E-state index is -2.61. The van der Waals surface area contributed by atoms with E-state index in [9.17, 15) is 8.78 Å². The molecule has 0 aliphatic heterocycles. The molecule has 0 spiro atoms. The molecular weight excluding hydrogens is 252 g/mol. The zero-order valence-corrected chi connectivity index (χ0v) is 10.9. The Morgan fingerprint density at radius 1 is 1.32 bits per heavy atom. The Kier molecular flexibility index (Phi) is 3.42. The van der Waals surface area contributed by atoms with Crippen LogP contribution in [0.4, 0.5) is 14.6 Å². The number of hydrogen-bond acceptors (Lipinski definition) is 3. The number of aryl methyl sites for hydroxylation is 2.